The highest BCUT2D eigenvalue weighted by Gasteiger charge is 2.16. The van der Waals surface area contributed by atoms with Crippen molar-refractivity contribution in [3.05, 3.63) is 108 Å². The second-order valence-corrected chi connectivity index (χ2v) is 6.74. The van der Waals surface area contributed by atoms with E-state index < -0.39 is 0 Å². The third-order valence-corrected chi connectivity index (χ3v) is 4.84. The van der Waals surface area contributed by atoms with E-state index in [0.717, 1.165) is 17.8 Å². The average Bonchev–Trinajstić information content (AvgIpc) is 3.07. The summed E-state index contributed by atoms with van der Waals surface area (Å²) in [6.45, 7) is 0. The lowest BCUT2D eigenvalue weighted by Crippen LogP contribution is -1.86. The molecule has 0 bridgehead atoms. The molecular formula is C25H22N2. The number of nitrogens with two attached hydrogens (primary N) is 2. The van der Waals surface area contributed by atoms with Gasteiger partial charge in [0.2, 0.25) is 0 Å². The summed E-state index contributed by atoms with van der Waals surface area (Å²) in [5, 5.41) is 0. The molecule has 0 fully saturated rings. The smallest absolute Gasteiger partial charge is 0.0317 e. The van der Waals surface area contributed by atoms with Gasteiger partial charge in [-0.3, -0.25) is 0 Å². The summed E-state index contributed by atoms with van der Waals surface area (Å²) in [5.74, 6) is 0. The summed E-state index contributed by atoms with van der Waals surface area (Å²) in [6.07, 6.45) is 1.02. The van der Waals surface area contributed by atoms with Crippen LogP contribution in [0.5, 0.6) is 0 Å². The fourth-order valence-corrected chi connectivity index (χ4v) is 3.47. The maximum Gasteiger partial charge on any atom is 0.0317 e. The maximum atomic E-state index is 5.77. The van der Waals surface area contributed by atoms with Crippen LogP contribution in [0.3, 0.4) is 0 Å². The summed E-state index contributed by atoms with van der Waals surface area (Å²) in [6, 6.07) is 32.9. The van der Waals surface area contributed by atoms with Crippen LogP contribution in [-0.2, 0) is 6.42 Å². The van der Waals surface area contributed by atoms with Gasteiger partial charge in [-0.05, 0) is 64.1 Å². The van der Waals surface area contributed by atoms with Gasteiger partial charge in [-0.1, -0.05) is 72.8 Å². The van der Waals surface area contributed by atoms with E-state index in [1.54, 1.807) is 0 Å². The SMILES string of the molecule is Nc1ccc(-c2ccccc2)cc1.Nc1ccc2c(c1)Cc1ccccc1-2. The van der Waals surface area contributed by atoms with E-state index >= 15 is 0 Å². The second kappa shape index (κ2) is 7.38. The lowest BCUT2D eigenvalue weighted by Gasteiger charge is -2.00. The van der Waals surface area contributed by atoms with Crippen LogP contribution in [0.4, 0.5) is 11.4 Å². The van der Waals surface area contributed by atoms with Gasteiger partial charge in [0.1, 0.15) is 0 Å². The minimum Gasteiger partial charge on any atom is -0.399 e. The first-order valence-corrected chi connectivity index (χ1v) is 9.08. The Balaban J connectivity index is 0.000000134. The molecule has 2 heteroatoms. The van der Waals surface area contributed by atoms with Gasteiger partial charge in [0.15, 0.2) is 0 Å². The predicted molar refractivity (Wildman–Crippen MR) is 115 cm³/mol. The van der Waals surface area contributed by atoms with Crippen LogP contribution in [0.1, 0.15) is 11.1 Å². The minimum absolute atomic E-state index is 0.805. The van der Waals surface area contributed by atoms with Crippen LogP contribution >= 0.6 is 0 Å². The van der Waals surface area contributed by atoms with Crippen LogP contribution in [-0.4, -0.2) is 0 Å². The van der Waals surface area contributed by atoms with Crippen molar-refractivity contribution < 1.29 is 0 Å². The van der Waals surface area contributed by atoms with Crippen LogP contribution in [0, 0.1) is 0 Å². The number of rotatable bonds is 1. The molecule has 0 heterocycles. The van der Waals surface area contributed by atoms with Crippen molar-refractivity contribution in [3.8, 4) is 22.3 Å². The lowest BCUT2D eigenvalue weighted by molar-refractivity contribution is 1.26. The van der Waals surface area contributed by atoms with E-state index in [1.165, 1.54) is 33.4 Å². The van der Waals surface area contributed by atoms with Gasteiger partial charge in [0, 0.05) is 11.4 Å². The summed E-state index contributed by atoms with van der Waals surface area (Å²) in [4.78, 5) is 0. The summed E-state index contributed by atoms with van der Waals surface area (Å²) in [7, 11) is 0. The van der Waals surface area contributed by atoms with E-state index in [-0.39, 0.29) is 0 Å². The van der Waals surface area contributed by atoms with Gasteiger partial charge < -0.3 is 11.5 Å². The monoisotopic (exact) mass is 350 g/mol. The van der Waals surface area contributed by atoms with Crippen LogP contribution in [0.25, 0.3) is 22.3 Å². The molecule has 2 nitrogen and oxygen atoms in total. The quantitative estimate of drug-likeness (QED) is 0.377. The number of fused-ring (bicyclic) bond motifs is 3. The zero-order valence-electron chi connectivity index (χ0n) is 15.1. The molecule has 0 amide bonds. The topological polar surface area (TPSA) is 52.0 Å². The van der Waals surface area contributed by atoms with Gasteiger partial charge in [-0.25, -0.2) is 0 Å². The highest BCUT2D eigenvalue weighted by molar-refractivity contribution is 5.78. The number of benzene rings is 4. The number of nitrogen functional groups attached to an aromatic ring is 2. The molecule has 0 saturated carbocycles. The van der Waals surface area contributed by atoms with Crippen molar-refractivity contribution in [1.82, 2.24) is 0 Å². The first-order chi connectivity index (χ1) is 13.2. The number of hydrogen-bond donors (Lipinski definition) is 2. The van der Waals surface area contributed by atoms with Crippen LogP contribution < -0.4 is 11.5 Å². The molecule has 0 spiro atoms. The Morgan fingerprint density at radius 3 is 1.85 bits per heavy atom. The van der Waals surface area contributed by atoms with Gasteiger partial charge in [0.05, 0.1) is 0 Å². The number of anilines is 2. The molecular weight excluding hydrogens is 328 g/mol. The van der Waals surface area contributed by atoms with Crippen molar-refractivity contribution in [2.45, 2.75) is 6.42 Å². The lowest BCUT2D eigenvalue weighted by atomic mass is 10.1. The molecule has 0 atom stereocenters. The van der Waals surface area contributed by atoms with E-state index in [0.29, 0.717) is 0 Å². The van der Waals surface area contributed by atoms with Gasteiger partial charge in [-0.15, -0.1) is 0 Å². The van der Waals surface area contributed by atoms with Crippen molar-refractivity contribution in [2.24, 2.45) is 0 Å². The first-order valence-electron chi connectivity index (χ1n) is 9.08. The molecule has 4 aromatic rings. The van der Waals surface area contributed by atoms with Crippen LogP contribution in [0.15, 0.2) is 97.1 Å². The highest BCUT2D eigenvalue weighted by atomic mass is 14.5. The Hall–Kier alpha value is -3.52. The summed E-state index contributed by atoms with van der Waals surface area (Å²) < 4.78 is 0. The molecule has 132 valence electrons. The zero-order chi connectivity index (χ0) is 18.6. The Kier molecular flexibility index (Phi) is 4.63. The van der Waals surface area contributed by atoms with Crippen LogP contribution in [0.2, 0.25) is 0 Å². The predicted octanol–water partition coefficient (Wildman–Crippen LogP) is 5.78. The summed E-state index contributed by atoms with van der Waals surface area (Å²) in [5.41, 5.74) is 20.9. The average molecular weight is 350 g/mol. The largest absolute Gasteiger partial charge is 0.399 e. The third kappa shape index (κ3) is 3.70. The molecule has 4 N–H and O–H groups in total. The Bertz CT molecular complexity index is 1050. The van der Waals surface area contributed by atoms with Crippen molar-refractivity contribution >= 4 is 11.4 Å². The van der Waals surface area contributed by atoms with Crippen molar-refractivity contribution in [3.63, 3.8) is 0 Å². The molecule has 0 unspecified atom stereocenters. The standard InChI is InChI=1S/C13H11N.C12H11N/c14-11-5-6-13-10(8-11)7-9-3-1-2-4-12(9)13;13-12-8-6-11(7-9-12)10-4-2-1-3-5-10/h1-6,8H,7,14H2;1-9H,13H2. The molecule has 0 aromatic heterocycles. The molecule has 4 aromatic carbocycles. The number of hydrogen-bond acceptors (Lipinski definition) is 2. The molecule has 0 saturated heterocycles. The molecule has 1 aliphatic rings. The Morgan fingerprint density at radius 2 is 1.07 bits per heavy atom. The Morgan fingerprint density at radius 1 is 0.481 bits per heavy atom. The molecule has 5 rings (SSSR count). The van der Waals surface area contributed by atoms with Gasteiger partial charge in [0.25, 0.3) is 0 Å². The second-order valence-electron chi connectivity index (χ2n) is 6.74. The molecule has 0 aliphatic heterocycles. The van der Waals surface area contributed by atoms with Crippen molar-refractivity contribution in [1.29, 1.82) is 0 Å². The highest BCUT2D eigenvalue weighted by Crippen LogP contribution is 2.36. The molecule has 27 heavy (non-hydrogen) atoms. The zero-order valence-corrected chi connectivity index (χ0v) is 15.1. The normalized spacial score (nSPS) is 11.1. The molecule has 0 radical (unpaired) electrons. The van der Waals surface area contributed by atoms with E-state index in [1.807, 2.05) is 48.5 Å². The Labute approximate surface area is 160 Å². The molecule has 1 aliphatic carbocycles. The van der Waals surface area contributed by atoms with E-state index in [4.69, 9.17) is 11.5 Å². The third-order valence-electron chi connectivity index (χ3n) is 4.84. The minimum atomic E-state index is 0.805. The summed E-state index contributed by atoms with van der Waals surface area (Å²) >= 11 is 0. The fourth-order valence-electron chi connectivity index (χ4n) is 3.47. The van der Waals surface area contributed by atoms with Crippen molar-refractivity contribution in [2.75, 3.05) is 11.5 Å². The van der Waals surface area contributed by atoms with E-state index in [2.05, 4.69) is 48.5 Å². The van der Waals surface area contributed by atoms with Gasteiger partial charge in [-0.2, -0.15) is 0 Å². The first kappa shape index (κ1) is 16.9. The van der Waals surface area contributed by atoms with Gasteiger partial charge >= 0.3 is 0 Å². The maximum absolute atomic E-state index is 5.77. The van der Waals surface area contributed by atoms with E-state index in [9.17, 15) is 0 Å². The fraction of sp³-hybridized carbons (Fsp3) is 0.0400.